The highest BCUT2D eigenvalue weighted by Crippen LogP contribution is 2.28. The molecule has 2 aromatic rings. The summed E-state index contributed by atoms with van der Waals surface area (Å²) in [6.45, 7) is 1.80. The lowest BCUT2D eigenvalue weighted by Crippen LogP contribution is -2.15. The van der Waals surface area contributed by atoms with Crippen molar-refractivity contribution in [2.24, 2.45) is 0 Å². The van der Waals surface area contributed by atoms with Gasteiger partial charge < -0.3 is 10.4 Å². The molecule has 20 heavy (non-hydrogen) atoms. The highest BCUT2D eigenvalue weighted by Gasteiger charge is 2.15. The van der Waals surface area contributed by atoms with Crippen molar-refractivity contribution >= 4 is 40.0 Å². The Labute approximate surface area is 124 Å². The zero-order valence-corrected chi connectivity index (χ0v) is 12.3. The Kier molecular flexibility index (Phi) is 4.75. The standard InChI is InChI=1S/C13H12N2O3S2/c1-8-6-10(13(17)18)12(20-8)15-11(16)7-19-9-2-4-14-5-3-9/h2-6H,7H2,1H3,(H,15,16)(H,17,18). The predicted molar refractivity (Wildman–Crippen MR) is 79.6 cm³/mol. The van der Waals surface area contributed by atoms with E-state index in [2.05, 4.69) is 10.3 Å². The van der Waals surface area contributed by atoms with Crippen LogP contribution in [0.1, 0.15) is 15.2 Å². The molecule has 2 heterocycles. The zero-order valence-electron chi connectivity index (χ0n) is 10.6. The Hall–Kier alpha value is -1.86. The van der Waals surface area contributed by atoms with Crippen LogP contribution in [0, 0.1) is 6.92 Å². The quantitative estimate of drug-likeness (QED) is 0.830. The Balaban J connectivity index is 1.96. The summed E-state index contributed by atoms with van der Waals surface area (Å²) in [4.78, 5) is 28.6. The van der Waals surface area contributed by atoms with E-state index < -0.39 is 5.97 Å². The molecule has 0 aromatic carbocycles. The van der Waals surface area contributed by atoms with Crippen LogP contribution in [0.25, 0.3) is 0 Å². The van der Waals surface area contributed by atoms with Crippen LogP contribution >= 0.6 is 23.1 Å². The normalized spacial score (nSPS) is 10.2. The van der Waals surface area contributed by atoms with E-state index in [9.17, 15) is 9.59 Å². The molecular weight excluding hydrogens is 296 g/mol. The van der Waals surface area contributed by atoms with Crippen LogP contribution in [0.4, 0.5) is 5.00 Å². The third-order valence-electron chi connectivity index (χ3n) is 2.36. The number of carbonyl (C=O) groups is 2. The average molecular weight is 308 g/mol. The van der Waals surface area contributed by atoms with E-state index in [1.54, 1.807) is 25.4 Å². The maximum Gasteiger partial charge on any atom is 0.338 e. The largest absolute Gasteiger partial charge is 0.478 e. The second kappa shape index (κ2) is 6.53. The summed E-state index contributed by atoms with van der Waals surface area (Å²) in [6.07, 6.45) is 3.32. The number of nitrogens with one attached hydrogen (secondary N) is 1. The molecule has 2 aromatic heterocycles. The smallest absolute Gasteiger partial charge is 0.338 e. The molecular formula is C13H12N2O3S2. The lowest BCUT2D eigenvalue weighted by Gasteiger charge is -2.04. The van der Waals surface area contributed by atoms with Crippen LogP contribution in [0.2, 0.25) is 0 Å². The summed E-state index contributed by atoms with van der Waals surface area (Å²) >= 11 is 2.63. The minimum atomic E-state index is -1.04. The molecule has 0 unspecified atom stereocenters. The summed E-state index contributed by atoms with van der Waals surface area (Å²) < 4.78 is 0. The van der Waals surface area contributed by atoms with Gasteiger partial charge in [0.2, 0.25) is 5.91 Å². The molecule has 0 aliphatic heterocycles. The number of amides is 1. The Morgan fingerprint density at radius 3 is 2.75 bits per heavy atom. The summed E-state index contributed by atoms with van der Waals surface area (Å²) in [7, 11) is 0. The van der Waals surface area contributed by atoms with Gasteiger partial charge in [-0.3, -0.25) is 9.78 Å². The molecule has 2 N–H and O–H groups in total. The summed E-state index contributed by atoms with van der Waals surface area (Å²) in [5, 5.41) is 12.1. The monoisotopic (exact) mass is 308 g/mol. The van der Waals surface area contributed by atoms with Crippen LogP contribution in [0.3, 0.4) is 0 Å². The van der Waals surface area contributed by atoms with Gasteiger partial charge in [0.1, 0.15) is 5.00 Å². The van der Waals surface area contributed by atoms with Crippen molar-refractivity contribution in [1.82, 2.24) is 4.98 Å². The van der Waals surface area contributed by atoms with Crippen molar-refractivity contribution in [3.63, 3.8) is 0 Å². The molecule has 2 rings (SSSR count). The lowest BCUT2D eigenvalue weighted by molar-refractivity contribution is -0.113. The van der Waals surface area contributed by atoms with Gasteiger partial charge in [-0.25, -0.2) is 4.79 Å². The Bertz CT molecular complexity index is 626. The molecule has 0 radical (unpaired) electrons. The number of carbonyl (C=O) groups excluding carboxylic acids is 1. The number of nitrogens with zero attached hydrogens (tertiary/aromatic N) is 1. The second-order valence-corrected chi connectivity index (χ2v) is 6.23. The highest BCUT2D eigenvalue weighted by molar-refractivity contribution is 8.00. The van der Waals surface area contributed by atoms with E-state index in [1.807, 2.05) is 12.1 Å². The third-order valence-corrected chi connectivity index (χ3v) is 4.34. The summed E-state index contributed by atoms with van der Waals surface area (Å²) in [5.74, 6) is -1.04. The van der Waals surface area contributed by atoms with Gasteiger partial charge in [-0.1, -0.05) is 0 Å². The molecule has 104 valence electrons. The number of carboxylic acids is 1. The number of carboxylic acid groups (broad SMARTS) is 1. The van der Waals surface area contributed by atoms with Crippen molar-refractivity contribution in [2.75, 3.05) is 11.1 Å². The maximum atomic E-state index is 11.8. The number of thioether (sulfide) groups is 1. The van der Waals surface area contributed by atoms with E-state index in [4.69, 9.17) is 5.11 Å². The third kappa shape index (κ3) is 3.82. The van der Waals surface area contributed by atoms with E-state index in [-0.39, 0.29) is 17.2 Å². The fourth-order valence-corrected chi connectivity index (χ4v) is 3.12. The van der Waals surface area contributed by atoms with Crippen molar-refractivity contribution in [2.45, 2.75) is 11.8 Å². The number of pyridine rings is 1. The van der Waals surface area contributed by atoms with Crippen molar-refractivity contribution in [1.29, 1.82) is 0 Å². The predicted octanol–water partition coefficient (Wildman–Crippen LogP) is 2.88. The fourth-order valence-electron chi connectivity index (χ4n) is 1.51. The molecule has 0 aliphatic carbocycles. The molecule has 0 saturated heterocycles. The van der Waals surface area contributed by atoms with Crippen molar-refractivity contribution in [3.8, 4) is 0 Å². The van der Waals surface area contributed by atoms with Gasteiger partial charge in [0, 0.05) is 22.2 Å². The van der Waals surface area contributed by atoms with Crippen LogP contribution in [-0.2, 0) is 4.79 Å². The van der Waals surface area contributed by atoms with Gasteiger partial charge in [-0.15, -0.1) is 23.1 Å². The van der Waals surface area contributed by atoms with Gasteiger partial charge in [0.15, 0.2) is 0 Å². The number of aryl methyl sites for hydroxylation is 1. The SMILES string of the molecule is Cc1cc(C(=O)O)c(NC(=O)CSc2ccncc2)s1. The number of rotatable bonds is 5. The second-order valence-electron chi connectivity index (χ2n) is 3.92. The number of hydrogen-bond donors (Lipinski definition) is 2. The first-order chi connectivity index (χ1) is 9.56. The van der Waals surface area contributed by atoms with Crippen molar-refractivity contribution in [3.05, 3.63) is 41.0 Å². The van der Waals surface area contributed by atoms with Crippen LogP contribution in [-0.4, -0.2) is 27.7 Å². The molecule has 5 nitrogen and oxygen atoms in total. The van der Waals surface area contributed by atoms with Crippen LogP contribution in [0.5, 0.6) is 0 Å². The van der Waals surface area contributed by atoms with Gasteiger partial charge in [-0.05, 0) is 25.1 Å². The first-order valence-electron chi connectivity index (χ1n) is 5.72. The maximum absolute atomic E-state index is 11.8. The minimum Gasteiger partial charge on any atom is -0.478 e. The average Bonchev–Trinajstić information content (AvgIpc) is 2.79. The number of aromatic nitrogens is 1. The van der Waals surface area contributed by atoms with Gasteiger partial charge in [0.05, 0.1) is 11.3 Å². The van der Waals surface area contributed by atoms with E-state index >= 15 is 0 Å². The fraction of sp³-hybridized carbons (Fsp3) is 0.154. The van der Waals surface area contributed by atoms with Gasteiger partial charge in [-0.2, -0.15) is 0 Å². The first kappa shape index (κ1) is 14.5. The lowest BCUT2D eigenvalue weighted by atomic mass is 10.3. The highest BCUT2D eigenvalue weighted by atomic mass is 32.2. The van der Waals surface area contributed by atoms with Gasteiger partial charge in [0.25, 0.3) is 0 Å². The van der Waals surface area contributed by atoms with Crippen molar-refractivity contribution < 1.29 is 14.7 Å². The molecule has 0 bridgehead atoms. The van der Waals surface area contributed by atoms with Gasteiger partial charge >= 0.3 is 5.97 Å². The first-order valence-corrected chi connectivity index (χ1v) is 7.53. The summed E-state index contributed by atoms with van der Waals surface area (Å²) in [5.41, 5.74) is 0.134. The Morgan fingerprint density at radius 1 is 1.40 bits per heavy atom. The minimum absolute atomic E-state index is 0.134. The molecule has 0 atom stereocenters. The number of thiophene rings is 1. The Morgan fingerprint density at radius 2 is 2.10 bits per heavy atom. The number of anilines is 1. The summed E-state index contributed by atoms with van der Waals surface area (Å²) in [6, 6.07) is 5.18. The molecule has 7 heteroatoms. The number of aromatic carboxylic acids is 1. The molecule has 0 aliphatic rings. The van der Waals surface area contributed by atoms with E-state index in [0.717, 1.165) is 9.77 Å². The number of hydrogen-bond acceptors (Lipinski definition) is 5. The van der Waals surface area contributed by atoms with E-state index in [0.29, 0.717) is 5.00 Å². The topological polar surface area (TPSA) is 79.3 Å². The van der Waals surface area contributed by atoms with E-state index in [1.165, 1.54) is 23.1 Å². The molecule has 0 fully saturated rings. The molecule has 1 amide bonds. The molecule has 0 saturated carbocycles. The van der Waals surface area contributed by atoms with Crippen LogP contribution < -0.4 is 5.32 Å². The molecule has 0 spiro atoms. The zero-order chi connectivity index (χ0) is 14.5. The van der Waals surface area contributed by atoms with Crippen LogP contribution in [0.15, 0.2) is 35.5 Å².